The molecule has 4 bridgehead atoms. The summed E-state index contributed by atoms with van der Waals surface area (Å²) in [6, 6.07) is 10.3. The third-order valence-electron chi connectivity index (χ3n) is 4.71. The van der Waals surface area contributed by atoms with Crippen LogP contribution in [0.3, 0.4) is 0 Å². The number of benzene rings is 2. The van der Waals surface area contributed by atoms with E-state index in [-0.39, 0.29) is 48.4 Å². The molecule has 0 unspecified atom stereocenters. The molecular weight excluding hydrogens is 360 g/mol. The van der Waals surface area contributed by atoms with Crippen LogP contribution in [0.15, 0.2) is 36.4 Å². The van der Waals surface area contributed by atoms with Gasteiger partial charge in [-0.1, -0.05) is 30.3 Å². The van der Waals surface area contributed by atoms with E-state index in [0.29, 0.717) is 11.1 Å². The van der Waals surface area contributed by atoms with Crippen LogP contribution in [-0.4, -0.2) is 37.7 Å². The molecule has 0 spiro atoms. The lowest BCUT2D eigenvalue weighted by Gasteiger charge is -2.15. The fraction of sp³-hybridized carbons (Fsp3) is 0.273. The highest BCUT2D eigenvalue weighted by molar-refractivity contribution is 6.00. The van der Waals surface area contributed by atoms with Gasteiger partial charge in [0, 0.05) is 25.7 Å². The Morgan fingerprint density at radius 1 is 0.714 bits per heavy atom. The van der Waals surface area contributed by atoms with E-state index >= 15 is 0 Å². The number of carbonyl (C=O) groups is 4. The van der Waals surface area contributed by atoms with Crippen molar-refractivity contribution in [3.8, 4) is 0 Å². The number of hydrogen-bond acceptors (Lipinski definition) is 6. The molecule has 0 amide bonds. The molecule has 2 aromatic rings. The molecule has 0 aromatic heterocycles. The molecule has 0 saturated carbocycles. The first kappa shape index (κ1) is 19.5. The first-order chi connectivity index (χ1) is 13.4. The molecule has 0 fully saturated rings. The quantitative estimate of drug-likeness (QED) is 0.743. The third-order valence-corrected chi connectivity index (χ3v) is 4.71. The van der Waals surface area contributed by atoms with E-state index in [0.717, 1.165) is 11.1 Å². The topological polar surface area (TPSA) is 86.7 Å². The van der Waals surface area contributed by atoms with Gasteiger partial charge in [-0.05, 0) is 28.3 Å². The van der Waals surface area contributed by atoms with Gasteiger partial charge in [-0.3, -0.25) is 9.59 Å². The fourth-order valence-electron chi connectivity index (χ4n) is 3.44. The minimum Gasteiger partial charge on any atom is -0.465 e. The molecule has 1 aliphatic carbocycles. The number of carbonyl (C=O) groups excluding carboxylic acids is 4. The Kier molecular flexibility index (Phi) is 5.68. The summed E-state index contributed by atoms with van der Waals surface area (Å²) < 4.78 is 9.61. The Morgan fingerprint density at radius 3 is 1.61 bits per heavy atom. The van der Waals surface area contributed by atoms with Gasteiger partial charge in [-0.15, -0.1) is 0 Å². The molecule has 2 aromatic carbocycles. The highest BCUT2D eigenvalue weighted by Crippen LogP contribution is 2.23. The lowest BCUT2D eigenvalue weighted by molar-refractivity contribution is -0.118. The van der Waals surface area contributed by atoms with E-state index in [2.05, 4.69) is 0 Å². The molecule has 0 saturated heterocycles. The maximum Gasteiger partial charge on any atom is 0.338 e. The number of hydrogen-bond donors (Lipinski definition) is 0. The Balaban J connectivity index is 2.15. The van der Waals surface area contributed by atoms with E-state index < -0.39 is 11.9 Å². The summed E-state index contributed by atoms with van der Waals surface area (Å²) in [5.74, 6) is -1.46. The van der Waals surface area contributed by atoms with E-state index in [1.54, 1.807) is 6.07 Å². The van der Waals surface area contributed by atoms with Gasteiger partial charge in [0.05, 0.1) is 25.3 Å². The number of ether oxygens (including phenoxy) is 2. The summed E-state index contributed by atoms with van der Waals surface area (Å²) in [4.78, 5) is 49.7. The van der Waals surface area contributed by atoms with Crippen LogP contribution in [-0.2, 0) is 44.7 Å². The molecule has 6 heteroatoms. The number of ketones is 2. The number of methoxy groups -OCH3 is 2. The summed E-state index contributed by atoms with van der Waals surface area (Å²) in [5, 5.41) is 0. The number of esters is 2. The van der Waals surface area contributed by atoms with Crippen LogP contribution in [0.4, 0.5) is 0 Å². The van der Waals surface area contributed by atoms with Crippen LogP contribution >= 0.6 is 0 Å². The summed E-state index contributed by atoms with van der Waals surface area (Å²) >= 11 is 0. The van der Waals surface area contributed by atoms with Gasteiger partial charge in [0.2, 0.25) is 0 Å². The van der Waals surface area contributed by atoms with Crippen LogP contribution in [0.1, 0.15) is 43.0 Å². The van der Waals surface area contributed by atoms with Gasteiger partial charge in [-0.25, -0.2) is 9.59 Å². The van der Waals surface area contributed by atoms with Crippen molar-refractivity contribution in [1.82, 2.24) is 0 Å². The minimum atomic E-state index is -0.653. The molecular formula is C22H20O6. The Morgan fingerprint density at radius 2 is 1.18 bits per heavy atom. The number of Topliss-reactive ketones (excluding diaryl/α,β-unsaturated/α-hetero) is 2. The highest BCUT2D eigenvalue weighted by atomic mass is 16.5. The standard InChI is InChI=1S/C22H20O6/c1-27-21(25)19-12-20(22(26)28-2)16-9-15(19)10-17(23)7-13-4-3-5-14(6-13)8-18(24)11-16/h3-6,9,12H,7-8,10-11H2,1-2H3. The van der Waals surface area contributed by atoms with E-state index in [1.807, 2.05) is 24.3 Å². The van der Waals surface area contributed by atoms with Gasteiger partial charge in [-0.2, -0.15) is 0 Å². The maximum atomic E-state index is 12.6. The van der Waals surface area contributed by atoms with Crippen LogP contribution in [0.2, 0.25) is 0 Å². The van der Waals surface area contributed by atoms with Gasteiger partial charge in [0.25, 0.3) is 0 Å². The number of rotatable bonds is 2. The molecule has 0 N–H and O–H groups in total. The Hall–Kier alpha value is -3.28. The minimum absolute atomic E-state index is 0.00267. The molecule has 0 atom stereocenters. The monoisotopic (exact) mass is 380 g/mol. The second kappa shape index (κ2) is 8.17. The zero-order valence-electron chi connectivity index (χ0n) is 15.7. The lowest BCUT2D eigenvalue weighted by Crippen LogP contribution is -2.18. The summed E-state index contributed by atoms with van der Waals surface area (Å²) in [6.07, 6.45) is 0.377. The van der Waals surface area contributed by atoms with Crippen molar-refractivity contribution in [1.29, 1.82) is 0 Å². The van der Waals surface area contributed by atoms with Crippen molar-refractivity contribution in [2.75, 3.05) is 14.2 Å². The fourth-order valence-corrected chi connectivity index (χ4v) is 3.44. The molecule has 6 nitrogen and oxygen atoms in total. The molecule has 0 heterocycles. The maximum absolute atomic E-state index is 12.6. The average molecular weight is 380 g/mol. The van der Waals surface area contributed by atoms with E-state index in [9.17, 15) is 19.2 Å². The Labute approximate surface area is 162 Å². The zero-order valence-corrected chi connectivity index (χ0v) is 15.7. The summed E-state index contributed by atoms with van der Waals surface area (Å²) in [7, 11) is 2.46. The van der Waals surface area contributed by atoms with Crippen molar-refractivity contribution in [2.45, 2.75) is 25.7 Å². The van der Waals surface area contributed by atoms with Gasteiger partial charge < -0.3 is 9.47 Å². The van der Waals surface area contributed by atoms with Crippen molar-refractivity contribution < 1.29 is 28.7 Å². The predicted octanol–water partition coefficient (Wildman–Crippen LogP) is 2.28. The molecule has 1 aliphatic rings. The molecule has 144 valence electrons. The molecule has 0 radical (unpaired) electrons. The lowest BCUT2D eigenvalue weighted by atomic mass is 9.89. The Bertz CT molecular complexity index is 902. The van der Waals surface area contributed by atoms with Crippen LogP contribution in [0, 0.1) is 0 Å². The number of fused-ring (bicyclic) bond motifs is 4. The third kappa shape index (κ3) is 4.17. The molecule has 0 aliphatic heterocycles. The zero-order chi connectivity index (χ0) is 20.3. The van der Waals surface area contributed by atoms with Gasteiger partial charge >= 0.3 is 11.9 Å². The van der Waals surface area contributed by atoms with Crippen LogP contribution < -0.4 is 0 Å². The summed E-state index contributed by atoms with van der Waals surface area (Å²) in [5.41, 5.74) is 2.76. The van der Waals surface area contributed by atoms with Gasteiger partial charge in [0.15, 0.2) is 0 Å². The smallest absolute Gasteiger partial charge is 0.338 e. The van der Waals surface area contributed by atoms with Crippen LogP contribution in [0.25, 0.3) is 0 Å². The second-order valence-electron chi connectivity index (χ2n) is 6.75. The van der Waals surface area contributed by atoms with Crippen molar-refractivity contribution >= 4 is 23.5 Å². The normalized spacial score (nSPS) is 13.9. The van der Waals surface area contributed by atoms with Gasteiger partial charge in [0.1, 0.15) is 11.6 Å². The molecule has 3 rings (SSSR count). The van der Waals surface area contributed by atoms with E-state index in [4.69, 9.17) is 9.47 Å². The molecule has 28 heavy (non-hydrogen) atoms. The average Bonchev–Trinajstić information content (AvgIpc) is 2.66. The first-order valence-corrected chi connectivity index (χ1v) is 8.85. The van der Waals surface area contributed by atoms with E-state index in [1.165, 1.54) is 20.3 Å². The van der Waals surface area contributed by atoms with Crippen molar-refractivity contribution in [3.63, 3.8) is 0 Å². The van der Waals surface area contributed by atoms with Crippen molar-refractivity contribution in [3.05, 3.63) is 69.8 Å². The highest BCUT2D eigenvalue weighted by Gasteiger charge is 2.23. The SMILES string of the molecule is COC(=O)c1cc(C(=O)OC)c2cc1CC(=O)Cc1cccc(c1)CC(=O)C2. The van der Waals surface area contributed by atoms with Crippen LogP contribution in [0.5, 0.6) is 0 Å². The predicted molar refractivity (Wildman–Crippen MR) is 100 cm³/mol. The second-order valence-corrected chi connectivity index (χ2v) is 6.75. The summed E-state index contributed by atoms with van der Waals surface area (Å²) in [6.45, 7) is 0. The largest absolute Gasteiger partial charge is 0.465 e. The first-order valence-electron chi connectivity index (χ1n) is 8.85. The van der Waals surface area contributed by atoms with Crippen molar-refractivity contribution in [2.24, 2.45) is 0 Å².